The zero-order valence-corrected chi connectivity index (χ0v) is 13.9. The van der Waals surface area contributed by atoms with Crippen molar-refractivity contribution in [2.24, 2.45) is 4.99 Å². The van der Waals surface area contributed by atoms with E-state index in [1.165, 1.54) is 12.1 Å². The van der Waals surface area contributed by atoms with Gasteiger partial charge in [0.25, 0.3) is 0 Å². The molecule has 25 heavy (non-hydrogen) atoms. The van der Waals surface area contributed by atoms with E-state index in [2.05, 4.69) is 9.73 Å². The number of nitrogens with zero attached hydrogens (tertiary/aromatic N) is 1. The topological polar surface area (TPSA) is 126 Å². The molecule has 0 bridgehead atoms. The highest BCUT2D eigenvalue weighted by molar-refractivity contribution is 5.77. The molecule has 1 rings (SSSR count). The fourth-order valence-corrected chi connectivity index (χ4v) is 1.58. The standard InChI is InChI=1S/C15H20F2N2O6/c1-15(2,3)25-14(22)19-10(12(20)21)7-23-11-5-4-8(6-9(11)18)24-13(16)17/h4-6,10,13H,7,18H2,1-3H3,(H,19,22)(H,20,21)/p-1. The molecule has 0 fully saturated rings. The van der Waals surface area contributed by atoms with E-state index >= 15 is 0 Å². The lowest BCUT2D eigenvalue weighted by atomic mass is 10.2. The van der Waals surface area contributed by atoms with E-state index in [9.17, 15) is 18.7 Å². The summed E-state index contributed by atoms with van der Waals surface area (Å²) in [6.45, 7) is 1.31. The van der Waals surface area contributed by atoms with Gasteiger partial charge in [-0.1, -0.05) is 20.8 Å². The number of halogens is 2. The highest BCUT2D eigenvalue weighted by atomic mass is 19.3. The second-order valence-electron chi connectivity index (χ2n) is 5.85. The number of hydrogen-bond donors (Lipinski definition) is 2. The third kappa shape index (κ3) is 7.55. The molecule has 1 aromatic carbocycles. The fourth-order valence-electron chi connectivity index (χ4n) is 1.58. The van der Waals surface area contributed by atoms with Gasteiger partial charge in [-0.15, -0.1) is 0 Å². The predicted octanol–water partition coefficient (Wildman–Crippen LogP) is 1.23. The van der Waals surface area contributed by atoms with Crippen LogP contribution in [-0.4, -0.2) is 42.0 Å². The van der Waals surface area contributed by atoms with Gasteiger partial charge < -0.3 is 30.2 Å². The number of benzene rings is 1. The minimum absolute atomic E-state index is 0.0345. The summed E-state index contributed by atoms with van der Waals surface area (Å²) >= 11 is 0. The number of carboxylic acid groups (broad SMARTS) is 1. The maximum Gasteiger partial charge on any atom is 0.387 e. The van der Waals surface area contributed by atoms with Gasteiger partial charge in [0, 0.05) is 11.7 Å². The molecule has 0 amide bonds. The van der Waals surface area contributed by atoms with E-state index in [0.29, 0.717) is 0 Å². The van der Waals surface area contributed by atoms with Gasteiger partial charge >= 0.3 is 12.6 Å². The molecule has 8 nitrogen and oxygen atoms in total. The third-order valence-electron chi connectivity index (χ3n) is 2.54. The number of aliphatic imine (C=N–C) groups is 1. The van der Waals surface area contributed by atoms with Crippen molar-refractivity contribution in [1.29, 1.82) is 0 Å². The number of carbonyl (C=O) groups is 1. The van der Waals surface area contributed by atoms with Gasteiger partial charge in [0.15, 0.2) is 6.04 Å². The third-order valence-corrected chi connectivity index (χ3v) is 2.54. The van der Waals surface area contributed by atoms with Crippen LogP contribution in [0.15, 0.2) is 23.2 Å². The second-order valence-corrected chi connectivity index (χ2v) is 5.85. The average Bonchev–Trinajstić information content (AvgIpc) is 2.42. The molecule has 0 saturated carbocycles. The molecular weight excluding hydrogens is 342 g/mol. The first-order chi connectivity index (χ1) is 11.5. The number of ether oxygens (including phenoxy) is 3. The molecule has 0 heterocycles. The highest BCUT2D eigenvalue weighted by Crippen LogP contribution is 2.27. The Bertz CT molecular complexity index is 631. The minimum atomic E-state index is -3.00. The number of anilines is 1. The fraction of sp³-hybridized carbons (Fsp3) is 0.467. The van der Waals surface area contributed by atoms with Crippen LogP contribution in [0.4, 0.5) is 14.5 Å². The monoisotopic (exact) mass is 361 g/mol. The van der Waals surface area contributed by atoms with Crippen LogP contribution >= 0.6 is 0 Å². The lowest BCUT2D eigenvalue weighted by Gasteiger charge is -2.30. The van der Waals surface area contributed by atoms with Crippen molar-refractivity contribution >= 4 is 17.7 Å². The molecule has 1 atom stereocenters. The van der Waals surface area contributed by atoms with E-state index < -0.39 is 36.9 Å². The molecule has 1 aromatic rings. The Morgan fingerprint density at radius 3 is 2.52 bits per heavy atom. The maximum absolute atomic E-state index is 12.1. The van der Waals surface area contributed by atoms with Crippen LogP contribution in [-0.2, 0) is 9.53 Å². The van der Waals surface area contributed by atoms with E-state index in [4.69, 9.17) is 20.3 Å². The SMILES string of the molecule is CC(C)(C)OC([O-])=NC(COc1ccc(OC(F)F)cc1N)C(=O)O. The van der Waals surface area contributed by atoms with Gasteiger partial charge in [-0.2, -0.15) is 8.78 Å². The number of alkyl halides is 2. The van der Waals surface area contributed by atoms with E-state index in [0.717, 1.165) is 6.07 Å². The van der Waals surface area contributed by atoms with Gasteiger partial charge in [-0.25, -0.2) is 4.79 Å². The molecule has 0 aliphatic heterocycles. The first-order valence-corrected chi connectivity index (χ1v) is 7.11. The largest absolute Gasteiger partial charge is 0.595 e. The Morgan fingerprint density at radius 2 is 2.04 bits per heavy atom. The minimum Gasteiger partial charge on any atom is -0.595 e. The summed E-state index contributed by atoms with van der Waals surface area (Å²) in [4.78, 5) is 14.6. The Hall–Kier alpha value is -2.78. The predicted molar refractivity (Wildman–Crippen MR) is 82.7 cm³/mol. The molecule has 0 aliphatic carbocycles. The van der Waals surface area contributed by atoms with Crippen LogP contribution in [0, 0.1) is 0 Å². The van der Waals surface area contributed by atoms with Gasteiger partial charge in [0.1, 0.15) is 24.2 Å². The average molecular weight is 361 g/mol. The molecule has 0 saturated heterocycles. The molecule has 0 spiro atoms. The molecule has 0 aromatic heterocycles. The van der Waals surface area contributed by atoms with Crippen molar-refractivity contribution in [3.8, 4) is 11.5 Å². The van der Waals surface area contributed by atoms with Crippen molar-refractivity contribution in [3.05, 3.63) is 18.2 Å². The molecule has 0 radical (unpaired) electrons. The normalized spacial score (nSPS) is 13.4. The Morgan fingerprint density at radius 1 is 1.40 bits per heavy atom. The Kier molecular flexibility index (Phi) is 6.77. The van der Waals surface area contributed by atoms with Crippen molar-refractivity contribution in [3.63, 3.8) is 0 Å². The van der Waals surface area contributed by atoms with Gasteiger partial charge in [-0.3, -0.25) is 4.99 Å². The molecule has 10 heteroatoms. The van der Waals surface area contributed by atoms with E-state index in [-0.39, 0.29) is 17.2 Å². The van der Waals surface area contributed by atoms with Crippen LogP contribution in [0.25, 0.3) is 0 Å². The first kappa shape index (κ1) is 20.3. The summed E-state index contributed by atoms with van der Waals surface area (Å²) in [6.07, 6.45) is -1.04. The van der Waals surface area contributed by atoms with Crippen LogP contribution in [0.3, 0.4) is 0 Å². The van der Waals surface area contributed by atoms with Crippen LogP contribution in [0.1, 0.15) is 20.8 Å². The molecule has 0 aliphatic rings. The number of hydrogen-bond acceptors (Lipinski definition) is 7. The van der Waals surface area contributed by atoms with Gasteiger partial charge in [-0.05, 0) is 12.1 Å². The van der Waals surface area contributed by atoms with Crippen LogP contribution in [0.2, 0.25) is 0 Å². The first-order valence-electron chi connectivity index (χ1n) is 7.11. The Labute approximate surface area is 142 Å². The highest BCUT2D eigenvalue weighted by Gasteiger charge is 2.19. The Balaban J connectivity index is 2.78. The number of carboxylic acids is 1. The summed E-state index contributed by atoms with van der Waals surface area (Å²) in [5, 5.41) is 20.7. The molecular formula is C15H19F2N2O6-. The van der Waals surface area contributed by atoms with Crippen molar-refractivity contribution in [1.82, 2.24) is 0 Å². The summed E-state index contributed by atoms with van der Waals surface area (Å²) in [5.41, 5.74) is 4.76. The zero-order chi connectivity index (χ0) is 19.2. The molecule has 1 unspecified atom stereocenters. The van der Waals surface area contributed by atoms with Crippen molar-refractivity contribution < 1.29 is 38.0 Å². The summed E-state index contributed by atoms with van der Waals surface area (Å²) in [5.74, 6) is -1.54. The van der Waals surface area contributed by atoms with E-state index in [1.807, 2.05) is 0 Å². The summed E-state index contributed by atoms with van der Waals surface area (Å²) in [6, 6.07) is 1.99. The van der Waals surface area contributed by atoms with Crippen molar-refractivity contribution in [2.45, 2.75) is 39.0 Å². The number of aliphatic carboxylic acids is 1. The lowest BCUT2D eigenvalue weighted by Crippen LogP contribution is -2.36. The molecule has 140 valence electrons. The van der Waals surface area contributed by atoms with Gasteiger partial charge in [0.2, 0.25) is 0 Å². The number of nitrogens with two attached hydrogens (primary N) is 1. The quantitative estimate of drug-likeness (QED) is 0.425. The summed E-state index contributed by atoms with van der Waals surface area (Å²) in [7, 11) is 0. The number of rotatable bonds is 7. The van der Waals surface area contributed by atoms with Crippen molar-refractivity contribution in [2.75, 3.05) is 12.3 Å². The lowest BCUT2D eigenvalue weighted by molar-refractivity contribution is -0.261. The smallest absolute Gasteiger partial charge is 0.387 e. The molecule has 3 N–H and O–H groups in total. The van der Waals surface area contributed by atoms with Gasteiger partial charge in [0.05, 0.1) is 5.69 Å². The van der Waals surface area contributed by atoms with Crippen LogP contribution in [0.5, 0.6) is 11.5 Å². The maximum atomic E-state index is 12.1. The number of nitrogen functional groups attached to an aromatic ring is 1. The van der Waals surface area contributed by atoms with E-state index in [1.54, 1.807) is 20.8 Å². The summed E-state index contributed by atoms with van der Waals surface area (Å²) < 4.78 is 38.5. The van der Waals surface area contributed by atoms with Crippen LogP contribution < -0.4 is 20.3 Å². The second kappa shape index (κ2) is 8.36. The zero-order valence-electron chi connectivity index (χ0n) is 13.9.